The lowest BCUT2D eigenvalue weighted by Crippen LogP contribution is -2.33. The van der Waals surface area contributed by atoms with Gasteiger partial charge in [-0.15, -0.1) is 0 Å². The summed E-state index contributed by atoms with van der Waals surface area (Å²) >= 11 is 5.79. The molecule has 0 unspecified atom stereocenters. The lowest BCUT2D eigenvalue weighted by molar-refractivity contribution is -0.116. The van der Waals surface area contributed by atoms with Gasteiger partial charge >= 0.3 is 0 Å². The van der Waals surface area contributed by atoms with Gasteiger partial charge in [0.15, 0.2) is 5.11 Å². The average molecular weight is 544 g/mol. The average Bonchev–Trinajstić information content (AvgIpc) is 3.42. The summed E-state index contributed by atoms with van der Waals surface area (Å²) in [5.74, 6) is 0.161. The smallest absolute Gasteiger partial charge is 0.226 e. The number of methoxy groups -OCH3 is 1. The molecule has 2 aromatic heterocycles. The van der Waals surface area contributed by atoms with E-state index in [-0.39, 0.29) is 30.2 Å². The fourth-order valence-corrected chi connectivity index (χ4v) is 5.60. The van der Waals surface area contributed by atoms with Gasteiger partial charge in [-0.2, -0.15) is 0 Å². The first-order valence-electron chi connectivity index (χ1n) is 12.7. The number of carbonyl (C=O) groups is 1. The maximum absolute atomic E-state index is 14.1. The molecule has 1 fully saturated rings. The summed E-state index contributed by atoms with van der Waals surface area (Å²) in [4.78, 5) is 19.6. The highest BCUT2D eigenvalue weighted by Crippen LogP contribution is 2.41. The summed E-state index contributed by atoms with van der Waals surface area (Å²) in [5.41, 5.74) is 5.19. The van der Waals surface area contributed by atoms with Crippen molar-refractivity contribution in [2.24, 2.45) is 0 Å². The quantitative estimate of drug-likeness (QED) is 0.281. The van der Waals surface area contributed by atoms with E-state index in [4.69, 9.17) is 17.0 Å². The van der Waals surface area contributed by atoms with Gasteiger partial charge in [-0.3, -0.25) is 9.78 Å². The van der Waals surface area contributed by atoms with E-state index in [2.05, 4.69) is 21.7 Å². The molecule has 39 heavy (non-hydrogen) atoms. The number of anilines is 1. The van der Waals surface area contributed by atoms with Gasteiger partial charge in [0.25, 0.3) is 0 Å². The number of ether oxygens (including phenoxy) is 1. The highest BCUT2D eigenvalue weighted by atomic mass is 32.1. The molecule has 2 atom stereocenters. The molecule has 0 aliphatic carbocycles. The summed E-state index contributed by atoms with van der Waals surface area (Å²) in [6.45, 7) is 4.42. The molecule has 0 spiro atoms. The first-order valence-corrected chi connectivity index (χ1v) is 13.1. The maximum Gasteiger partial charge on any atom is 0.226 e. The van der Waals surface area contributed by atoms with Gasteiger partial charge in [0, 0.05) is 36.2 Å². The van der Waals surface area contributed by atoms with E-state index in [0.717, 1.165) is 28.3 Å². The second kappa shape index (κ2) is 11.2. The van der Waals surface area contributed by atoms with Crippen LogP contribution in [0.4, 0.5) is 10.1 Å². The topological polar surface area (TPSA) is 71.4 Å². The van der Waals surface area contributed by atoms with Crippen molar-refractivity contribution < 1.29 is 13.9 Å². The van der Waals surface area contributed by atoms with Crippen molar-refractivity contribution in [1.29, 1.82) is 0 Å². The number of thiocarbonyl (C=S) groups is 1. The van der Waals surface area contributed by atoms with Gasteiger partial charge in [-0.25, -0.2) is 4.39 Å². The van der Waals surface area contributed by atoms with E-state index < -0.39 is 0 Å². The maximum atomic E-state index is 14.1. The highest BCUT2D eigenvalue weighted by molar-refractivity contribution is 7.80. The number of para-hydroxylation sites is 2. The SMILES string of the molecule is COc1ccccc1NC(=O)CCN1C(=S)N[C@@H](c2ccccn2)[C@H]1c1cc(C)n(-c2cccc(F)c2)c1C. The predicted molar refractivity (Wildman–Crippen MR) is 154 cm³/mol. The van der Waals surface area contributed by atoms with E-state index in [1.165, 1.54) is 12.1 Å². The van der Waals surface area contributed by atoms with Crippen LogP contribution in [0.3, 0.4) is 0 Å². The Kier molecular flexibility index (Phi) is 7.60. The number of nitrogens with one attached hydrogen (secondary N) is 2. The molecule has 0 radical (unpaired) electrons. The number of nitrogens with zero attached hydrogens (tertiary/aromatic N) is 3. The van der Waals surface area contributed by atoms with Crippen LogP contribution in [0.15, 0.2) is 79.0 Å². The Morgan fingerprint density at radius 1 is 1.10 bits per heavy atom. The Hall–Kier alpha value is -4.24. The molecule has 1 aliphatic rings. The molecule has 1 aliphatic heterocycles. The summed E-state index contributed by atoms with van der Waals surface area (Å²) in [6.07, 6.45) is 1.98. The summed E-state index contributed by atoms with van der Waals surface area (Å²) in [5, 5.41) is 6.93. The van der Waals surface area contributed by atoms with Crippen LogP contribution in [0.1, 0.15) is 41.1 Å². The molecular weight excluding hydrogens is 513 g/mol. The number of amides is 1. The summed E-state index contributed by atoms with van der Waals surface area (Å²) < 4.78 is 21.5. The lowest BCUT2D eigenvalue weighted by Gasteiger charge is -2.28. The highest BCUT2D eigenvalue weighted by Gasteiger charge is 2.41. The van der Waals surface area contributed by atoms with Crippen molar-refractivity contribution >= 4 is 28.9 Å². The molecular formula is C30H30FN5O2S. The van der Waals surface area contributed by atoms with E-state index in [9.17, 15) is 9.18 Å². The molecule has 200 valence electrons. The third-order valence-electron chi connectivity index (χ3n) is 7.01. The third-order valence-corrected chi connectivity index (χ3v) is 7.37. The first kappa shape index (κ1) is 26.4. The van der Waals surface area contributed by atoms with Crippen LogP contribution in [-0.2, 0) is 4.79 Å². The number of pyridine rings is 1. The number of halogens is 1. The molecule has 2 N–H and O–H groups in total. The number of carbonyl (C=O) groups excluding carboxylic acids is 1. The van der Waals surface area contributed by atoms with Crippen LogP contribution in [-0.4, -0.2) is 39.1 Å². The normalized spacial score (nSPS) is 16.7. The zero-order valence-electron chi connectivity index (χ0n) is 22.0. The number of rotatable bonds is 8. The van der Waals surface area contributed by atoms with Gasteiger partial charge in [0.05, 0.1) is 30.6 Å². The molecule has 0 bridgehead atoms. The molecule has 2 aromatic carbocycles. The van der Waals surface area contributed by atoms with Crippen LogP contribution in [0.25, 0.3) is 5.69 Å². The summed E-state index contributed by atoms with van der Waals surface area (Å²) in [6, 6.07) is 21.3. The van der Waals surface area contributed by atoms with Gasteiger partial charge in [-0.1, -0.05) is 24.3 Å². The fraction of sp³-hybridized carbons (Fsp3) is 0.233. The standard InChI is InChI=1S/C30H30FN5O2S/c1-19-17-23(20(2)36(19)22-10-8-9-21(31)18-22)29-28(25-12-6-7-15-32-25)34-30(39)35(29)16-14-27(37)33-24-11-4-5-13-26(24)38-3/h4-13,15,17-18,28-29H,14,16H2,1-3H3,(H,33,37)(H,34,39)/t28-,29+/m0/s1. The van der Waals surface area contributed by atoms with Crippen LogP contribution in [0, 0.1) is 19.7 Å². The summed E-state index contributed by atoms with van der Waals surface area (Å²) in [7, 11) is 1.57. The lowest BCUT2D eigenvalue weighted by atomic mass is 9.96. The Bertz CT molecular complexity index is 1510. The zero-order chi connectivity index (χ0) is 27.5. The Morgan fingerprint density at radius 2 is 1.90 bits per heavy atom. The number of benzene rings is 2. The molecule has 0 saturated carbocycles. The Morgan fingerprint density at radius 3 is 2.64 bits per heavy atom. The number of hydrogen-bond donors (Lipinski definition) is 2. The van der Waals surface area contributed by atoms with Crippen molar-refractivity contribution in [2.45, 2.75) is 32.4 Å². The van der Waals surface area contributed by atoms with Gasteiger partial charge < -0.3 is 24.8 Å². The number of hydrogen-bond acceptors (Lipinski definition) is 4. The minimum absolute atomic E-state index is 0.146. The van der Waals surface area contributed by atoms with Crippen molar-refractivity contribution in [1.82, 2.24) is 19.8 Å². The third kappa shape index (κ3) is 5.35. The van der Waals surface area contributed by atoms with Crippen LogP contribution >= 0.6 is 12.2 Å². The fourth-order valence-electron chi connectivity index (χ4n) is 5.27. The number of aryl methyl sites for hydroxylation is 1. The zero-order valence-corrected chi connectivity index (χ0v) is 22.8. The van der Waals surface area contributed by atoms with E-state index >= 15 is 0 Å². The van der Waals surface area contributed by atoms with E-state index in [0.29, 0.717) is 23.1 Å². The van der Waals surface area contributed by atoms with Crippen LogP contribution in [0.5, 0.6) is 5.75 Å². The Balaban J connectivity index is 1.47. The van der Waals surface area contributed by atoms with Gasteiger partial charge in [0.2, 0.25) is 5.91 Å². The monoisotopic (exact) mass is 543 g/mol. The second-order valence-corrected chi connectivity index (χ2v) is 9.85. The second-order valence-electron chi connectivity index (χ2n) is 9.46. The number of aromatic nitrogens is 2. The minimum atomic E-state index is -0.292. The van der Waals surface area contributed by atoms with E-state index in [1.54, 1.807) is 31.5 Å². The predicted octanol–water partition coefficient (Wildman–Crippen LogP) is 5.64. The molecule has 1 amide bonds. The van der Waals surface area contributed by atoms with Crippen LogP contribution < -0.4 is 15.4 Å². The van der Waals surface area contributed by atoms with Crippen LogP contribution in [0.2, 0.25) is 0 Å². The molecule has 1 saturated heterocycles. The van der Waals surface area contributed by atoms with Crippen molar-refractivity contribution in [3.8, 4) is 11.4 Å². The Labute approximate surface area is 232 Å². The molecule has 7 nitrogen and oxygen atoms in total. The molecule has 5 rings (SSSR count). The molecule has 9 heteroatoms. The largest absolute Gasteiger partial charge is 0.495 e. The van der Waals surface area contributed by atoms with Crippen molar-refractivity contribution in [2.75, 3.05) is 19.0 Å². The van der Waals surface area contributed by atoms with Gasteiger partial charge in [-0.05, 0) is 80.2 Å². The molecule has 3 heterocycles. The van der Waals surface area contributed by atoms with E-state index in [1.807, 2.05) is 59.7 Å². The first-order chi connectivity index (χ1) is 18.9. The van der Waals surface area contributed by atoms with Crippen molar-refractivity contribution in [3.05, 3.63) is 107 Å². The van der Waals surface area contributed by atoms with Crippen molar-refractivity contribution in [3.63, 3.8) is 0 Å². The molecule has 4 aromatic rings. The minimum Gasteiger partial charge on any atom is -0.495 e. The van der Waals surface area contributed by atoms with Gasteiger partial charge in [0.1, 0.15) is 11.6 Å².